The van der Waals surface area contributed by atoms with Gasteiger partial charge in [-0.3, -0.25) is 9.59 Å². The maximum atomic E-state index is 13.5. The van der Waals surface area contributed by atoms with E-state index in [9.17, 15) is 22.8 Å². The molecule has 30 heavy (non-hydrogen) atoms. The fourth-order valence-corrected chi connectivity index (χ4v) is 6.09. The lowest BCUT2D eigenvalue weighted by molar-refractivity contribution is -0.140. The van der Waals surface area contributed by atoms with Crippen molar-refractivity contribution in [3.63, 3.8) is 0 Å². The summed E-state index contributed by atoms with van der Waals surface area (Å²) in [6.45, 7) is 7.46. The summed E-state index contributed by atoms with van der Waals surface area (Å²) in [5.74, 6) is -1.58. The summed E-state index contributed by atoms with van der Waals surface area (Å²) in [5, 5.41) is 0. The lowest BCUT2D eigenvalue weighted by Gasteiger charge is -2.24. The van der Waals surface area contributed by atoms with Gasteiger partial charge in [-0.2, -0.15) is 0 Å². The Morgan fingerprint density at radius 2 is 1.87 bits per heavy atom. The van der Waals surface area contributed by atoms with Crippen LogP contribution in [0.3, 0.4) is 0 Å². The van der Waals surface area contributed by atoms with Gasteiger partial charge in [0.05, 0.1) is 17.5 Å². The van der Waals surface area contributed by atoms with Gasteiger partial charge >= 0.3 is 5.97 Å². The first-order chi connectivity index (χ1) is 13.9. The smallest absolute Gasteiger partial charge is 0.330 e. The average molecular weight is 434 g/mol. The molecule has 2 aliphatic rings. The Kier molecular flexibility index (Phi) is 5.66. The van der Waals surface area contributed by atoms with Crippen molar-refractivity contribution >= 4 is 27.7 Å². The highest BCUT2D eigenvalue weighted by Gasteiger charge is 2.63. The van der Waals surface area contributed by atoms with Gasteiger partial charge in [-0.25, -0.2) is 17.5 Å². The van der Waals surface area contributed by atoms with Crippen molar-refractivity contribution in [3.05, 3.63) is 42.0 Å². The normalized spacial score (nSPS) is 26.1. The van der Waals surface area contributed by atoms with Gasteiger partial charge in [-0.1, -0.05) is 37.6 Å². The third kappa shape index (κ3) is 3.80. The van der Waals surface area contributed by atoms with Gasteiger partial charge in [-0.15, -0.1) is 0 Å². The highest BCUT2D eigenvalue weighted by Crippen LogP contribution is 2.54. The molecule has 1 aromatic carbocycles. The van der Waals surface area contributed by atoms with Crippen molar-refractivity contribution in [2.24, 2.45) is 10.8 Å². The molecule has 162 valence electrons. The predicted molar refractivity (Wildman–Crippen MR) is 110 cm³/mol. The highest BCUT2D eigenvalue weighted by atomic mass is 32.2. The molecule has 1 aliphatic heterocycles. The number of nitrogens with zero attached hydrogens (tertiary/aromatic N) is 1. The number of carbonyl (C=O) groups excluding carboxylic acids is 3. The predicted octanol–water partition coefficient (Wildman–Crippen LogP) is 2.78. The SMILES string of the molecule is CCOC(=O)/C=C/[C@H]1C[C@]2(CC(C)(C)CC2=O)C(=O)N1S(=O)(=O)c1ccc(C)cc1. The van der Waals surface area contributed by atoms with Crippen LogP contribution in [0.15, 0.2) is 41.3 Å². The molecule has 0 aromatic heterocycles. The monoisotopic (exact) mass is 433 g/mol. The second-order valence-electron chi connectivity index (χ2n) is 8.82. The van der Waals surface area contributed by atoms with E-state index in [4.69, 9.17) is 4.74 Å². The Balaban J connectivity index is 2.06. The molecule has 1 spiro atoms. The number of amides is 1. The standard InChI is InChI=1S/C22H27NO6S/c1-5-29-19(25)11-8-16-12-22(14-21(3,4)13-18(22)24)20(26)23(16)30(27,28)17-9-6-15(2)7-10-17/h6-11,16H,5,12-14H2,1-4H3/b11-8+/t16-,22+/m0/s1. The zero-order valence-corrected chi connectivity index (χ0v) is 18.5. The summed E-state index contributed by atoms with van der Waals surface area (Å²) >= 11 is 0. The molecule has 2 fully saturated rings. The molecule has 7 nitrogen and oxygen atoms in total. The third-order valence-corrected chi connectivity index (χ3v) is 7.56. The summed E-state index contributed by atoms with van der Waals surface area (Å²) in [5.41, 5.74) is -0.902. The van der Waals surface area contributed by atoms with Gasteiger partial charge < -0.3 is 4.74 Å². The van der Waals surface area contributed by atoms with Crippen molar-refractivity contribution in [3.8, 4) is 0 Å². The van der Waals surface area contributed by atoms with E-state index in [-0.39, 0.29) is 36.5 Å². The number of ether oxygens (including phenoxy) is 1. The first-order valence-corrected chi connectivity index (χ1v) is 11.4. The van der Waals surface area contributed by atoms with Crippen LogP contribution in [0.25, 0.3) is 0 Å². The average Bonchev–Trinajstić information content (AvgIpc) is 3.06. The molecule has 1 saturated heterocycles. The van der Waals surface area contributed by atoms with Crippen LogP contribution >= 0.6 is 0 Å². The summed E-state index contributed by atoms with van der Waals surface area (Å²) in [6.07, 6.45) is 3.00. The molecule has 3 rings (SSSR count). The van der Waals surface area contributed by atoms with Crippen molar-refractivity contribution in [2.45, 2.75) is 57.9 Å². The molecular weight excluding hydrogens is 406 g/mol. The topological polar surface area (TPSA) is 97.8 Å². The van der Waals surface area contributed by atoms with Crippen molar-refractivity contribution in [1.82, 2.24) is 4.31 Å². The molecule has 1 heterocycles. The van der Waals surface area contributed by atoms with Crippen LogP contribution < -0.4 is 0 Å². The van der Waals surface area contributed by atoms with Crippen LogP contribution in [0.5, 0.6) is 0 Å². The number of sulfonamides is 1. The lowest BCUT2D eigenvalue weighted by Crippen LogP contribution is -2.42. The van der Waals surface area contributed by atoms with E-state index < -0.39 is 38.8 Å². The second-order valence-corrected chi connectivity index (χ2v) is 10.6. The largest absolute Gasteiger partial charge is 0.463 e. The van der Waals surface area contributed by atoms with E-state index in [0.29, 0.717) is 0 Å². The van der Waals surface area contributed by atoms with Gasteiger partial charge in [0.2, 0.25) is 0 Å². The van der Waals surface area contributed by atoms with Crippen molar-refractivity contribution in [2.75, 3.05) is 6.61 Å². The van der Waals surface area contributed by atoms with Gasteiger partial charge in [0.15, 0.2) is 0 Å². The maximum Gasteiger partial charge on any atom is 0.330 e. The molecule has 8 heteroatoms. The number of ketones is 1. The van der Waals surface area contributed by atoms with E-state index in [0.717, 1.165) is 15.9 Å². The fraction of sp³-hybridized carbons (Fsp3) is 0.500. The third-order valence-electron chi connectivity index (χ3n) is 5.74. The summed E-state index contributed by atoms with van der Waals surface area (Å²) < 4.78 is 32.4. The molecule has 0 N–H and O–H groups in total. The number of Topliss-reactive ketones (excluding diaryl/α,β-unsaturated/α-hetero) is 1. The van der Waals surface area contributed by atoms with Crippen molar-refractivity contribution in [1.29, 1.82) is 0 Å². The molecule has 0 unspecified atom stereocenters. The minimum absolute atomic E-state index is 0.0229. The summed E-state index contributed by atoms with van der Waals surface area (Å²) in [4.78, 5) is 38.1. The van der Waals surface area contributed by atoms with E-state index in [1.54, 1.807) is 19.1 Å². The van der Waals surface area contributed by atoms with E-state index >= 15 is 0 Å². The van der Waals surface area contributed by atoms with E-state index in [1.807, 2.05) is 20.8 Å². The van der Waals surface area contributed by atoms with Gasteiger partial charge in [0, 0.05) is 12.5 Å². The number of hydrogen-bond donors (Lipinski definition) is 0. The number of carbonyl (C=O) groups is 3. The molecular formula is C22H27NO6S. The number of hydrogen-bond acceptors (Lipinski definition) is 6. The molecule has 2 atom stereocenters. The lowest BCUT2D eigenvalue weighted by atomic mass is 9.79. The minimum atomic E-state index is -4.21. The van der Waals surface area contributed by atoms with Gasteiger partial charge in [0.1, 0.15) is 11.2 Å². The molecule has 1 amide bonds. The van der Waals surface area contributed by atoms with Gasteiger partial charge in [0.25, 0.3) is 15.9 Å². The second kappa shape index (κ2) is 7.65. The van der Waals surface area contributed by atoms with E-state index in [2.05, 4.69) is 0 Å². The summed E-state index contributed by atoms with van der Waals surface area (Å²) in [7, 11) is -4.21. The molecule has 0 radical (unpaired) electrons. The molecule has 1 aromatic rings. The summed E-state index contributed by atoms with van der Waals surface area (Å²) in [6, 6.07) is 5.24. The Labute approximate surface area is 177 Å². The van der Waals surface area contributed by atoms with Crippen LogP contribution in [0.1, 0.15) is 45.6 Å². The zero-order chi connectivity index (χ0) is 22.3. The first-order valence-electron chi connectivity index (χ1n) is 9.97. The first kappa shape index (κ1) is 22.2. The number of benzene rings is 1. The highest BCUT2D eigenvalue weighted by molar-refractivity contribution is 7.89. The van der Waals surface area contributed by atoms with Crippen LogP contribution in [0, 0.1) is 17.8 Å². The van der Waals surface area contributed by atoms with E-state index in [1.165, 1.54) is 18.2 Å². The Morgan fingerprint density at radius 3 is 2.40 bits per heavy atom. The molecule has 1 saturated carbocycles. The van der Waals surface area contributed by atoms with Crippen LogP contribution in [0.2, 0.25) is 0 Å². The fourth-order valence-electron chi connectivity index (χ4n) is 4.49. The van der Waals surface area contributed by atoms with Gasteiger partial charge in [-0.05, 0) is 44.2 Å². The Hall–Kier alpha value is -2.48. The Morgan fingerprint density at radius 1 is 1.23 bits per heavy atom. The number of esters is 1. The van der Waals surface area contributed by atoms with Crippen LogP contribution in [-0.4, -0.2) is 43.0 Å². The van der Waals surface area contributed by atoms with Crippen LogP contribution in [-0.2, 0) is 29.1 Å². The maximum absolute atomic E-state index is 13.5. The number of aryl methyl sites for hydroxylation is 1. The Bertz CT molecular complexity index is 1010. The van der Waals surface area contributed by atoms with Crippen molar-refractivity contribution < 1.29 is 27.5 Å². The van der Waals surface area contributed by atoms with Crippen LogP contribution in [0.4, 0.5) is 0 Å². The molecule has 0 bridgehead atoms. The minimum Gasteiger partial charge on any atom is -0.463 e. The quantitative estimate of drug-likeness (QED) is 0.402. The molecule has 1 aliphatic carbocycles. The zero-order valence-electron chi connectivity index (χ0n) is 17.7. The number of rotatable bonds is 5.